The molecule has 1 aromatic carbocycles. The average molecular weight is 395 g/mol. The molecule has 3 rings (SSSR count). The second-order valence-corrected chi connectivity index (χ2v) is 9.02. The summed E-state index contributed by atoms with van der Waals surface area (Å²) in [5.41, 5.74) is 0.729. The molecule has 1 aliphatic heterocycles. The summed E-state index contributed by atoms with van der Waals surface area (Å²) in [6, 6.07) is 7.40. The number of carbonyl (C=O) groups excluding carboxylic acids is 1. The molecule has 0 saturated heterocycles. The molecule has 1 aromatic heterocycles. The van der Waals surface area contributed by atoms with E-state index >= 15 is 0 Å². The van der Waals surface area contributed by atoms with Crippen LogP contribution in [0.15, 0.2) is 52.5 Å². The quantitative estimate of drug-likeness (QED) is 0.840. The minimum absolute atomic E-state index is 0.0248. The number of sulfonamides is 1. The van der Waals surface area contributed by atoms with E-state index in [1.807, 2.05) is 0 Å². The molecular formula is C17H18FN3O3S2. The average Bonchev–Trinajstić information content (AvgIpc) is 2.63. The Balaban J connectivity index is 1.70. The first-order chi connectivity index (χ1) is 12.4. The fourth-order valence-electron chi connectivity index (χ4n) is 2.74. The zero-order valence-electron chi connectivity index (χ0n) is 14.1. The number of nitrogens with one attached hydrogen (secondary N) is 1. The van der Waals surface area contributed by atoms with Gasteiger partial charge in [0.25, 0.3) is 0 Å². The standard InChI is InChI=1S/C17H18FN3O3S2/c1-21(26(23,24)12-4-3-8-19-10-12)11-16(22)20-15-7-9-25-17-13(15)5-2-6-14(17)18/h2-6,8,10,15H,7,9,11H2,1H3,(H,20,22). The Morgan fingerprint density at radius 1 is 1.38 bits per heavy atom. The van der Waals surface area contributed by atoms with E-state index < -0.39 is 15.9 Å². The van der Waals surface area contributed by atoms with Gasteiger partial charge in [-0.15, -0.1) is 11.8 Å². The zero-order chi connectivity index (χ0) is 18.7. The lowest BCUT2D eigenvalue weighted by molar-refractivity contribution is -0.121. The molecule has 2 aromatic rings. The van der Waals surface area contributed by atoms with Crippen molar-refractivity contribution < 1.29 is 17.6 Å². The molecule has 0 saturated carbocycles. The fourth-order valence-corrected chi connectivity index (χ4v) is 4.98. The number of carbonyl (C=O) groups is 1. The summed E-state index contributed by atoms with van der Waals surface area (Å²) in [6.45, 7) is -0.328. The zero-order valence-corrected chi connectivity index (χ0v) is 15.7. The Labute approximate surface area is 155 Å². The van der Waals surface area contributed by atoms with Gasteiger partial charge >= 0.3 is 0 Å². The number of amides is 1. The van der Waals surface area contributed by atoms with Crippen molar-refractivity contribution in [1.82, 2.24) is 14.6 Å². The van der Waals surface area contributed by atoms with Crippen LogP contribution in [0.5, 0.6) is 0 Å². The van der Waals surface area contributed by atoms with Crippen molar-refractivity contribution in [3.8, 4) is 0 Å². The number of aromatic nitrogens is 1. The number of thioether (sulfide) groups is 1. The van der Waals surface area contributed by atoms with Gasteiger partial charge in [-0.25, -0.2) is 12.8 Å². The lowest BCUT2D eigenvalue weighted by atomic mass is 10.0. The molecule has 0 bridgehead atoms. The highest BCUT2D eigenvalue weighted by Crippen LogP contribution is 2.37. The summed E-state index contributed by atoms with van der Waals surface area (Å²) in [6.07, 6.45) is 3.37. The molecule has 26 heavy (non-hydrogen) atoms. The monoisotopic (exact) mass is 395 g/mol. The number of likely N-dealkylation sites (N-methyl/N-ethyl adjacent to an activating group) is 1. The van der Waals surface area contributed by atoms with Gasteiger partial charge in [0.2, 0.25) is 15.9 Å². The Morgan fingerprint density at radius 2 is 2.19 bits per heavy atom. The van der Waals surface area contributed by atoms with Crippen LogP contribution in [-0.2, 0) is 14.8 Å². The van der Waals surface area contributed by atoms with Crippen molar-refractivity contribution >= 4 is 27.7 Å². The molecule has 2 heterocycles. The van der Waals surface area contributed by atoms with Crippen molar-refractivity contribution in [2.24, 2.45) is 0 Å². The van der Waals surface area contributed by atoms with E-state index in [1.54, 1.807) is 12.1 Å². The van der Waals surface area contributed by atoms with Gasteiger partial charge in [0.15, 0.2) is 0 Å². The minimum atomic E-state index is -3.80. The molecule has 0 radical (unpaired) electrons. The maximum atomic E-state index is 13.9. The number of hydrogen-bond acceptors (Lipinski definition) is 5. The van der Waals surface area contributed by atoms with Gasteiger partial charge < -0.3 is 5.32 Å². The summed E-state index contributed by atoms with van der Waals surface area (Å²) < 4.78 is 39.8. The van der Waals surface area contributed by atoms with Gasteiger partial charge in [-0.2, -0.15) is 4.31 Å². The molecule has 0 fully saturated rings. The van der Waals surface area contributed by atoms with Crippen molar-refractivity contribution in [2.75, 3.05) is 19.3 Å². The predicted molar refractivity (Wildman–Crippen MR) is 96.7 cm³/mol. The summed E-state index contributed by atoms with van der Waals surface area (Å²) in [7, 11) is -2.46. The molecule has 6 nitrogen and oxygen atoms in total. The Hall–Kier alpha value is -1.97. The van der Waals surface area contributed by atoms with Gasteiger partial charge in [-0.3, -0.25) is 9.78 Å². The van der Waals surface area contributed by atoms with Crippen molar-refractivity contribution in [3.63, 3.8) is 0 Å². The predicted octanol–water partition coefficient (Wildman–Crippen LogP) is 2.19. The van der Waals surface area contributed by atoms with Crippen LogP contribution in [-0.4, -0.2) is 43.0 Å². The van der Waals surface area contributed by atoms with Crippen molar-refractivity contribution in [1.29, 1.82) is 0 Å². The molecule has 1 amide bonds. The Morgan fingerprint density at radius 3 is 2.92 bits per heavy atom. The van der Waals surface area contributed by atoms with Crippen LogP contribution in [0.1, 0.15) is 18.0 Å². The third kappa shape index (κ3) is 3.89. The SMILES string of the molecule is CN(CC(=O)NC1CCSc2c(F)cccc21)S(=O)(=O)c1cccnc1. The molecular weight excluding hydrogens is 377 g/mol. The van der Waals surface area contributed by atoms with Crippen LogP contribution in [0.25, 0.3) is 0 Å². The van der Waals surface area contributed by atoms with Gasteiger partial charge in [0, 0.05) is 30.1 Å². The minimum Gasteiger partial charge on any atom is -0.348 e. The van der Waals surface area contributed by atoms with E-state index in [1.165, 1.54) is 49.4 Å². The third-order valence-corrected chi connectivity index (χ3v) is 7.02. The molecule has 0 aliphatic carbocycles. The number of fused-ring (bicyclic) bond motifs is 1. The molecule has 9 heteroatoms. The number of rotatable bonds is 5. The molecule has 1 unspecified atom stereocenters. The van der Waals surface area contributed by atoms with E-state index in [0.717, 1.165) is 9.87 Å². The highest BCUT2D eigenvalue weighted by molar-refractivity contribution is 7.99. The molecule has 1 aliphatic rings. The lowest BCUT2D eigenvalue weighted by Gasteiger charge is -2.27. The van der Waals surface area contributed by atoms with Crippen LogP contribution in [0.4, 0.5) is 4.39 Å². The number of pyridine rings is 1. The van der Waals surface area contributed by atoms with Crippen LogP contribution in [0.3, 0.4) is 0 Å². The first-order valence-corrected chi connectivity index (χ1v) is 10.4. The largest absolute Gasteiger partial charge is 0.348 e. The maximum Gasteiger partial charge on any atom is 0.244 e. The van der Waals surface area contributed by atoms with Crippen LogP contribution in [0, 0.1) is 5.82 Å². The van der Waals surface area contributed by atoms with E-state index in [4.69, 9.17) is 0 Å². The van der Waals surface area contributed by atoms with Gasteiger partial charge in [0.1, 0.15) is 10.7 Å². The Kier molecular flexibility index (Phi) is 5.59. The molecule has 1 atom stereocenters. The number of hydrogen-bond donors (Lipinski definition) is 1. The second-order valence-electron chi connectivity index (χ2n) is 5.87. The van der Waals surface area contributed by atoms with E-state index in [-0.39, 0.29) is 23.3 Å². The summed E-state index contributed by atoms with van der Waals surface area (Å²) >= 11 is 1.42. The topological polar surface area (TPSA) is 79.4 Å². The van der Waals surface area contributed by atoms with Gasteiger partial charge in [-0.05, 0) is 30.2 Å². The number of nitrogens with zero attached hydrogens (tertiary/aromatic N) is 2. The second kappa shape index (κ2) is 7.73. The highest BCUT2D eigenvalue weighted by Gasteiger charge is 2.27. The number of halogens is 1. The molecule has 0 spiro atoms. The first kappa shape index (κ1) is 18.8. The summed E-state index contributed by atoms with van der Waals surface area (Å²) in [5, 5.41) is 2.82. The fraction of sp³-hybridized carbons (Fsp3) is 0.294. The normalized spacial score (nSPS) is 17.0. The van der Waals surface area contributed by atoms with E-state index in [0.29, 0.717) is 17.1 Å². The maximum absolute atomic E-state index is 13.9. The molecule has 1 N–H and O–H groups in total. The van der Waals surface area contributed by atoms with Gasteiger partial charge in [0.05, 0.1) is 12.6 Å². The van der Waals surface area contributed by atoms with Crippen LogP contribution < -0.4 is 5.32 Å². The summed E-state index contributed by atoms with van der Waals surface area (Å²) in [4.78, 5) is 16.7. The smallest absolute Gasteiger partial charge is 0.244 e. The van der Waals surface area contributed by atoms with Crippen LogP contribution in [0.2, 0.25) is 0 Å². The van der Waals surface area contributed by atoms with E-state index in [2.05, 4.69) is 10.3 Å². The first-order valence-electron chi connectivity index (χ1n) is 7.96. The highest BCUT2D eigenvalue weighted by atomic mass is 32.2. The summed E-state index contributed by atoms with van der Waals surface area (Å²) in [5.74, 6) is -0.0577. The lowest BCUT2D eigenvalue weighted by Crippen LogP contribution is -2.40. The third-order valence-electron chi connectivity index (χ3n) is 4.07. The number of benzene rings is 1. The van der Waals surface area contributed by atoms with Crippen molar-refractivity contribution in [3.05, 3.63) is 54.1 Å². The van der Waals surface area contributed by atoms with E-state index in [9.17, 15) is 17.6 Å². The van der Waals surface area contributed by atoms with Crippen LogP contribution >= 0.6 is 11.8 Å². The molecule has 138 valence electrons. The Bertz CT molecular complexity index is 907. The van der Waals surface area contributed by atoms with Crippen molar-refractivity contribution in [2.45, 2.75) is 22.3 Å². The van der Waals surface area contributed by atoms with Gasteiger partial charge in [-0.1, -0.05) is 12.1 Å².